The van der Waals surface area contributed by atoms with Crippen molar-refractivity contribution in [2.45, 2.75) is 52.4 Å². The maximum absolute atomic E-state index is 9.10. The maximum Gasteiger partial charge on any atom is 0.135 e. The standard InChI is InChI=1S/C74H56N5O.Pt/c1-73(2,3)48-20-15-19-47(41-48)54-29-17-30-62-57-25-9-7-23-55(57)56-24-8-10-26-58(56)63-31-18-34-68-72(63)77(71(54)62)46-76(68)50-21-16-22-52(43-50)80-53-36-37-61-64-44-51(78-65-32-13-11-27-59(65)60-28-12-14-33-66(60)78)35-38-67(64)79(69(61)45-53)70-42-49(39-40-75-70)74(4,5)6;/h7-42,44,46H,1-6H3;/q-3;/i15D;. The van der Waals surface area contributed by atoms with E-state index < -0.39 is 0 Å². The second-order valence-corrected chi connectivity index (χ2v) is 23.2. The Morgan fingerprint density at radius 1 is 0.469 bits per heavy atom. The van der Waals surface area contributed by atoms with Gasteiger partial charge in [-0.25, -0.2) is 4.98 Å². The number of pyridine rings is 1. The fourth-order valence-electron chi connectivity index (χ4n) is 12.3. The van der Waals surface area contributed by atoms with Crippen LogP contribution in [0.4, 0.5) is 11.4 Å². The summed E-state index contributed by atoms with van der Waals surface area (Å²) in [5, 5.41) is 11.4. The van der Waals surface area contributed by atoms with E-state index in [1.54, 1.807) is 0 Å². The van der Waals surface area contributed by atoms with Crippen molar-refractivity contribution in [1.82, 2.24) is 18.7 Å². The van der Waals surface area contributed by atoms with Crippen LogP contribution in [0.25, 0.3) is 110 Å². The van der Waals surface area contributed by atoms with Gasteiger partial charge in [0.1, 0.15) is 5.82 Å². The first-order chi connectivity index (χ1) is 39.3. The molecule has 0 N–H and O–H groups in total. The van der Waals surface area contributed by atoms with Crippen molar-refractivity contribution in [3.05, 3.63) is 254 Å². The van der Waals surface area contributed by atoms with Gasteiger partial charge in [0.2, 0.25) is 0 Å². The molecule has 0 saturated carbocycles. The van der Waals surface area contributed by atoms with E-state index >= 15 is 0 Å². The molecule has 6 nitrogen and oxygen atoms in total. The van der Waals surface area contributed by atoms with E-state index in [1.807, 2.05) is 36.5 Å². The van der Waals surface area contributed by atoms with E-state index in [0.717, 1.165) is 110 Å². The van der Waals surface area contributed by atoms with Gasteiger partial charge in [0, 0.05) is 66.4 Å². The molecule has 0 saturated heterocycles. The Kier molecular flexibility index (Phi) is 11.5. The van der Waals surface area contributed by atoms with Gasteiger partial charge in [-0.1, -0.05) is 192 Å². The summed E-state index contributed by atoms with van der Waals surface area (Å²) < 4.78 is 23.0. The first-order valence-corrected chi connectivity index (χ1v) is 27.5. The zero-order valence-electron chi connectivity index (χ0n) is 46.8. The van der Waals surface area contributed by atoms with Crippen molar-refractivity contribution >= 4 is 98.3 Å². The molecule has 1 aliphatic heterocycles. The number of aromatic nitrogens is 4. The summed E-state index contributed by atoms with van der Waals surface area (Å²) in [4.78, 5) is 7.26. The minimum absolute atomic E-state index is 0. The summed E-state index contributed by atoms with van der Waals surface area (Å²) in [5.41, 5.74) is 13.3. The molecule has 0 fully saturated rings. The van der Waals surface area contributed by atoms with Crippen LogP contribution in [0.5, 0.6) is 11.5 Å². The molecule has 5 heterocycles. The number of para-hydroxylation sites is 4. The molecule has 0 spiro atoms. The molecule has 0 aliphatic carbocycles. The van der Waals surface area contributed by atoms with Crippen molar-refractivity contribution in [3.8, 4) is 34.1 Å². The number of nitrogens with zero attached hydrogens (tertiary/aromatic N) is 5. The largest absolute Gasteiger partial charge is 0.509 e. The SMILES string of the molecule is [2H]c1cc(-c2cccc3c4ccccc4c4ccccc4c4cccc5c4n(c23)[CH-]N5c2[c-]c(Oc3[c-]c4c(cc3)c3cc(-n5c6ccccc6c6ccccc65)ccc3n4-c3cc(C(C)(C)C)ccn3)ccc2)cc(C(C)(C)C)c1.[Pt]. The van der Waals surface area contributed by atoms with Crippen LogP contribution in [0, 0.1) is 18.8 Å². The van der Waals surface area contributed by atoms with Crippen molar-refractivity contribution in [3.63, 3.8) is 0 Å². The summed E-state index contributed by atoms with van der Waals surface area (Å²) in [5.74, 6) is 1.94. The molecule has 0 atom stereocenters. The van der Waals surface area contributed by atoms with Crippen LogP contribution >= 0.6 is 0 Å². The summed E-state index contributed by atoms with van der Waals surface area (Å²) in [6.45, 7) is 15.6. The molecule has 15 rings (SSSR count). The molecule has 81 heavy (non-hydrogen) atoms. The maximum atomic E-state index is 9.10. The van der Waals surface area contributed by atoms with Gasteiger partial charge in [0.05, 0.1) is 12.4 Å². The van der Waals surface area contributed by atoms with Crippen molar-refractivity contribution in [2.75, 3.05) is 4.90 Å². The Morgan fingerprint density at radius 3 is 1.74 bits per heavy atom. The van der Waals surface area contributed by atoms with Crippen LogP contribution in [0.15, 0.2) is 225 Å². The fourth-order valence-corrected chi connectivity index (χ4v) is 12.3. The predicted molar refractivity (Wildman–Crippen MR) is 334 cm³/mol. The first-order valence-electron chi connectivity index (χ1n) is 28.0. The van der Waals surface area contributed by atoms with Crippen LogP contribution in [-0.2, 0) is 31.9 Å². The first kappa shape index (κ1) is 49.0. The van der Waals surface area contributed by atoms with Gasteiger partial charge in [0.25, 0.3) is 0 Å². The van der Waals surface area contributed by atoms with Crippen molar-refractivity contribution < 1.29 is 27.2 Å². The Labute approximate surface area is 487 Å². The average Bonchev–Trinajstić information content (AvgIpc) is 2.16. The van der Waals surface area contributed by atoms with Crippen LogP contribution in [-0.4, -0.2) is 18.7 Å². The third kappa shape index (κ3) is 8.18. The zero-order chi connectivity index (χ0) is 54.9. The number of hydrogen-bond acceptors (Lipinski definition) is 3. The van der Waals surface area contributed by atoms with Crippen LogP contribution in [0.2, 0.25) is 0 Å². The molecule has 1 aliphatic rings. The molecule has 396 valence electrons. The zero-order valence-corrected chi connectivity index (χ0v) is 48.1. The number of rotatable bonds is 6. The van der Waals surface area contributed by atoms with Crippen LogP contribution < -0.4 is 9.64 Å². The summed E-state index contributed by atoms with van der Waals surface area (Å²) in [6.07, 6.45) is 1.92. The number of benzene rings is 10. The van der Waals surface area contributed by atoms with E-state index in [0.29, 0.717) is 17.5 Å². The Balaban J connectivity index is 0.00000602. The molecule has 4 aromatic heterocycles. The van der Waals surface area contributed by atoms with Gasteiger partial charge in [0.15, 0.2) is 0 Å². The van der Waals surface area contributed by atoms with Crippen LogP contribution in [0.1, 0.15) is 54.0 Å². The monoisotopic (exact) mass is 1230 g/mol. The van der Waals surface area contributed by atoms with E-state index in [-0.39, 0.29) is 31.9 Å². The quantitative estimate of drug-likeness (QED) is 0.156. The second kappa shape index (κ2) is 19.0. The summed E-state index contributed by atoms with van der Waals surface area (Å²) in [6, 6.07) is 83.6. The minimum atomic E-state index is -0.156. The van der Waals surface area contributed by atoms with Gasteiger partial charge < -0.3 is 23.3 Å². The fraction of sp³-hybridized carbons (Fsp3) is 0.108. The number of anilines is 2. The molecule has 0 bridgehead atoms. The average molecular weight is 1230 g/mol. The second-order valence-electron chi connectivity index (χ2n) is 23.2. The topological polar surface area (TPSA) is 40.1 Å². The van der Waals surface area contributed by atoms with Gasteiger partial charge in [-0.15, -0.1) is 35.7 Å². The minimum Gasteiger partial charge on any atom is -0.509 e. The molecular formula is C74H56N5OPt-3. The molecule has 0 unspecified atom stereocenters. The molecule has 7 heteroatoms. The van der Waals surface area contributed by atoms with Gasteiger partial charge in [-0.05, 0) is 137 Å². The third-order valence-corrected chi connectivity index (χ3v) is 16.3. The van der Waals surface area contributed by atoms with Crippen molar-refractivity contribution in [2.24, 2.45) is 0 Å². The van der Waals surface area contributed by atoms with E-state index in [1.165, 1.54) is 21.7 Å². The Bertz CT molecular complexity index is 4960. The number of hydrogen-bond donors (Lipinski definition) is 0. The van der Waals surface area contributed by atoms with Gasteiger partial charge in [-0.2, -0.15) is 12.1 Å². The van der Waals surface area contributed by atoms with E-state index in [9.17, 15) is 0 Å². The summed E-state index contributed by atoms with van der Waals surface area (Å²) in [7, 11) is 0. The number of ether oxygens (including phenoxy) is 1. The smallest absolute Gasteiger partial charge is 0.135 e. The molecular weight excluding hydrogens is 1170 g/mol. The third-order valence-electron chi connectivity index (χ3n) is 16.3. The van der Waals surface area contributed by atoms with E-state index in [2.05, 4.69) is 261 Å². The Hall–Kier alpha value is -9.09. The molecule has 0 amide bonds. The van der Waals surface area contributed by atoms with Gasteiger partial charge >= 0.3 is 0 Å². The molecule has 10 aromatic carbocycles. The summed E-state index contributed by atoms with van der Waals surface area (Å²) >= 11 is 0. The predicted octanol–water partition coefficient (Wildman–Crippen LogP) is 19.6. The molecule has 0 radical (unpaired) electrons. The van der Waals surface area contributed by atoms with E-state index in [4.69, 9.17) is 11.1 Å². The Morgan fingerprint density at radius 2 is 1.05 bits per heavy atom. The van der Waals surface area contributed by atoms with Crippen molar-refractivity contribution in [1.29, 1.82) is 0 Å². The number of fused-ring (bicyclic) bond motifs is 13. The van der Waals surface area contributed by atoms with Crippen LogP contribution in [0.3, 0.4) is 0 Å². The normalized spacial score (nSPS) is 12.7. The van der Waals surface area contributed by atoms with Gasteiger partial charge in [-0.3, -0.25) is 0 Å². The molecule has 14 aromatic rings.